The van der Waals surface area contributed by atoms with Gasteiger partial charge in [-0.2, -0.15) is 0 Å². The summed E-state index contributed by atoms with van der Waals surface area (Å²) in [5, 5.41) is 9.97. The van der Waals surface area contributed by atoms with E-state index in [4.69, 9.17) is 4.74 Å². The number of aliphatic hydroxyl groups is 1. The molecule has 1 aromatic rings. The number of carbonyl (C=O) groups excluding carboxylic acids is 1. The highest BCUT2D eigenvalue weighted by molar-refractivity contribution is 14.1. The zero-order valence-electron chi connectivity index (χ0n) is 9.19. The minimum absolute atomic E-state index is 0.138. The zero-order valence-corrected chi connectivity index (χ0v) is 11.3. The van der Waals surface area contributed by atoms with Crippen molar-refractivity contribution in [3.63, 3.8) is 0 Å². The molecule has 17 heavy (non-hydrogen) atoms. The van der Waals surface area contributed by atoms with Gasteiger partial charge in [-0.25, -0.2) is 9.18 Å². The standard InChI is InChI=1S/C12H12FIO3/c1-2-17-12(16)10(7-14)11(15)8-3-5-9(13)6-4-8/h3-7,11,15H,2H2,1H3. The Morgan fingerprint density at radius 2 is 2.12 bits per heavy atom. The fraction of sp³-hybridized carbons (Fsp3) is 0.250. The van der Waals surface area contributed by atoms with E-state index in [1.807, 2.05) is 22.6 Å². The highest BCUT2D eigenvalue weighted by atomic mass is 127. The van der Waals surface area contributed by atoms with E-state index in [1.54, 1.807) is 6.92 Å². The van der Waals surface area contributed by atoms with E-state index in [0.29, 0.717) is 5.56 Å². The van der Waals surface area contributed by atoms with Gasteiger partial charge >= 0.3 is 5.97 Å². The van der Waals surface area contributed by atoms with Crippen LogP contribution in [0.1, 0.15) is 18.6 Å². The highest BCUT2D eigenvalue weighted by Crippen LogP contribution is 2.24. The van der Waals surface area contributed by atoms with Gasteiger partial charge in [0.2, 0.25) is 0 Å². The molecule has 0 heterocycles. The minimum atomic E-state index is -1.11. The monoisotopic (exact) mass is 350 g/mol. The Hall–Kier alpha value is -0.950. The summed E-state index contributed by atoms with van der Waals surface area (Å²) in [5.74, 6) is -0.962. The van der Waals surface area contributed by atoms with E-state index in [1.165, 1.54) is 28.3 Å². The van der Waals surface area contributed by atoms with Crippen LogP contribution in [0.5, 0.6) is 0 Å². The molecule has 0 aliphatic carbocycles. The summed E-state index contributed by atoms with van der Waals surface area (Å²) in [7, 11) is 0. The number of aliphatic hydroxyl groups excluding tert-OH is 1. The molecule has 1 aromatic carbocycles. The van der Waals surface area contributed by atoms with E-state index >= 15 is 0 Å². The number of halogens is 2. The van der Waals surface area contributed by atoms with Crippen molar-refractivity contribution in [3.8, 4) is 0 Å². The second-order valence-corrected chi connectivity index (χ2v) is 3.86. The number of ether oxygens (including phenoxy) is 1. The van der Waals surface area contributed by atoms with Crippen molar-refractivity contribution < 1.29 is 19.0 Å². The quantitative estimate of drug-likeness (QED) is 0.516. The van der Waals surface area contributed by atoms with Crippen molar-refractivity contribution in [1.29, 1.82) is 0 Å². The van der Waals surface area contributed by atoms with Gasteiger partial charge in [-0.1, -0.05) is 34.7 Å². The molecule has 0 saturated carbocycles. The Morgan fingerprint density at radius 3 is 2.59 bits per heavy atom. The number of rotatable bonds is 4. The van der Waals surface area contributed by atoms with Crippen molar-refractivity contribution in [2.24, 2.45) is 0 Å². The van der Waals surface area contributed by atoms with Crippen molar-refractivity contribution in [3.05, 3.63) is 45.3 Å². The fourth-order valence-electron chi connectivity index (χ4n) is 1.25. The van der Waals surface area contributed by atoms with Crippen molar-refractivity contribution in [1.82, 2.24) is 0 Å². The van der Waals surface area contributed by atoms with Crippen LogP contribution in [0.3, 0.4) is 0 Å². The van der Waals surface area contributed by atoms with Crippen LogP contribution in [-0.4, -0.2) is 17.7 Å². The van der Waals surface area contributed by atoms with E-state index in [-0.39, 0.29) is 12.2 Å². The summed E-state index contributed by atoms with van der Waals surface area (Å²) in [6.45, 7) is 1.93. The molecular formula is C12H12FIO3. The maximum atomic E-state index is 12.7. The van der Waals surface area contributed by atoms with Gasteiger partial charge in [-0.05, 0) is 28.7 Å². The maximum absolute atomic E-state index is 12.7. The maximum Gasteiger partial charge on any atom is 0.337 e. The van der Waals surface area contributed by atoms with Gasteiger partial charge in [0, 0.05) is 0 Å². The summed E-state index contributed by atoms with van der Waals surface area (Å²) < 4.78 is 19.0. The van der Waals surface area contributed by atoms with Crippen LogP contribution >= 0.6 is 22.6 Å². The summed E-state index contributed by atoms with van der Waals surface area (Å²) in [6, 6.07) is 5.32. The molecule has 0 spiro atoms. The van der Waals surface area contributed by atoms with E-state index in [9.17, 15) is 14.3 Å². The summed E-state index contributed by atoms with van der Waals surface area (Å²) >= 11 is 1.86. The molecule has 0 radical (unpaired) electrons. The number of carbonyl (C=O) groups is 1. The lowest BCUT2D eigenvalue weighted by atomic mass is 10.0. The number of benzene rings is 1. The number of hydrogen-bond acceptors (Lipinski definition) is 3. The molecule has 92 valence electrons. The lowest BCUT2D eigenvalue weighted by Gasteiger charge is -2.13. The van der Waals surface area contributed by atoms with Crippen LogP contribution < -0.4 is 0 Å². The molecule has 0 aliphatic heterocycles. The first-order chi connectivity index (χ1) is 8.10. The molecule has 0 amide bonds. The van der Waals surface area contributed by atoms with Crippen LogP contribution in [-0.2, 0) is 9.53 Å². The van der Waals surface area contributed by atoms with Gasteiger partial charge < -0.3 is 9.84 Å². The van der Waals surface area contributed by atoms with Gasteiger partial charge in [0.05, 0.1) is 12.2 Å². The van der Waals surface area contributed by atoms with Crippen molar-refractivity contribution in [2.75, 3.05) is 6.61 Å². The van der Waals surface area contributed by atoms with Gasteiger partial charge in [0.1, 0.15) is 11.9 Å². The third kappa shape index (κ3) is 3.78. The predicted molar refractivity (Wildman–Crippen MR) is 70.1 cm³/mol. The molecule has 0 bridgehead atoms. The minimum Gasteiger partial charge on any atom is -0.463 e. The average molecular weight is 350 g/mol. The third-order valence-electron chi connectivity index (χ3n) is 2.11. The van der Waals surface area contributed by atoms with E-state index in [0.717, 1.165) is 0 Å². The molecular weight excluding hydrogens is 338 g/mol. The molecule has 0 aromatic heterocycles. The Labute approximate surface area is 112 Å². The second-order valence-electron chi connectivity index (χ2n) is 3.24. The van der Waals surface area contributed by atoms with Crippen LogP contribution in [0.15, 0.2) is 33.9 Å². The zero-order chi connectivity index (χ0) is 12.8. The average Bonchev–Trinajstić information content (AvgIpc) is 2.31. The van der Waals surface area contributed by atoms with Crippen LogP contribution in [0.2, 0.25) is 0 Å². The van der Waals surface area contributed by atoms with Crippen LogP contribution in [0.25, 0.3) is 0 Å². The lowest BCUT2D eigenvalue weighted by molar-refractivity contribution is -0.139. The largest absolute Gasteiger partial charge is 0.463 e. The van der Waals surface area contributed by atoms with Gasteiger partial charge in [0.25, 0.3) is 0 Å². The lowest BCUT2D eigenvalue weighted by Crippen LogP contribution is -2.14. The highest BCUT2D eigenvalue weighted by Gasteiger charge is 2.21. The smallest absolute Gasteiger partial charge is 0.337 e. The first-order valence-electron chi connectivity index (χ1n) is 5.01. The Morgan fingerprint density at radius 1 is 1.53 bits per heavy atom. The molecule has 1 unspecified atom stereocenters. The molecule has 1 atom stereocenters. The van der Waals surface area contributed by atoms with Crippen molar-refractivity contribution >= 4 is 28.6 Å². The number of hydrogen-bond donors (Lipinski definition) is 1. The summed E-state index contributed by atoms with van der Waals surface area (Å²) in [4.78, 5) is 11.5. The van der Waals surface area contributed by atoms with E-state index in [2.05, 4.69) is 0 Å². The molecule has 0 saturated heterocycles. The Bertz CT molecular complexity index is 414. The first-order valence-corrected chi connectivity index (χ1v) is 6.25. The van der Waals surface area contributed by atoms with Gasteiger partial charge in [-0.15, -0.1) is 0 Å². The van der Waals surface area contributed by atoms with Gasteiger partial charge in [0.15, 0.2) is 0 Å². The molecule has 1 rings (SSSR count). The van der Waals surface area contributed by atoms with E-state index < -0.39 is 17.9 Å². The summed E-state index contributed by atoms with van der Waals surface area (Å²) in [6.07, 6.45) is -1.11. The Kier molecular flexibility index (Phi) is 5.57. The molecule has 1 N–H and O–H groups in total. The van der Waals surface area contributed by atoms with Crippen molar-refractivity contribution in [2.45, 2.75) is 13.0 Å². The van der Waals surface area contributed by atoms with Crippen LogP contribution in [0.4, 0.5) is 4.39 Å². The third-order valence-corrected chi connectivity index (χ3v) is 2.78. The molecule has 5 heteroatoms. The molecule has 0 aliphatic rings. The normalized spacial score (nSPS) is 13.3. The van der Waals surface area contributed by atoms with Crippen LogP contribution in [0, 0.1) is 5.82 Å². The van der Waals surface area contributed by atoms with Gasteiger partial charge in [-0.3, -0.25) is 0 Å². The fourth-order valence-corrected chi connectivity index (χ4v) is 1.85. The summed E-state index contributed by atoms with van der Waals surface area (Å²) in [5.41, 5.74) is 0.585. The Balaban J connectivity index is 2.90. The first kappa shape index (κ1) is 14.1. The molecule has 3 nitrogen and oxygen atoms in total. The predicted octanol–water partition coefficient (Wildman–Crippen LogP) is 2.74. The SMILES string of the molecule is CCOC(=O)C(=CI)C(O)c1ccc(F)cc1. The topological polar surface area (TPSA) is 46.5 Å². The molecule has 0 fully saturated rings. The number of esters is 1. The second kappa shape index (κ2) is 6.70.